The first kappa shape index (κ1) is 18.2. The van der Waals surface area contributed by atoms with Crippen LogP contribution in [0.15, 0.2) is 48.5 Å². The lowest BCUT2D eigenvalue weighted by atomic mass is 10.0. The third kappa shape index (κ3) is 4.91. The number of methoxy groups -OCH3 is 1. The smallest absolute Gasteiger partial charge is 0.170 e. The van der Waals surface area contributed by atoms with Crippen molar-refractivity contribution in [2.45, 2.75) is 6.04 Å². The van der Waals surface area contributed by atoms with Crippen LogP contribution in [0.2, 0.25) is 0 Å². The number of thiocarbonyl (C=S) groups is 1. The maximum atomic E-state index is 12.9. The summed E-state index contributed by atoms with van der Waals surface area (Å²) in [4.78, 5) is 2.10. The zero-order valence-electron chi connectivity index (χ0n) is 14.0. The average Bonchev–Trinajstić information content (AvgIpc) is 2.57. The van der Waals surface area contributed by atoms with Crippen molar-refractivity contribution in [2.24, 2.45) is 0 Å². The van der Waals surface area contributed by atoms with E-state index in [1.54, 1.807) is 19.2 Å². The van der Waals surface area contributed by atoms with Gasteiger partial charge in [-0.2, -0.15) is 0 Å². The molecule has 2 rings (SSSR count). The minimum Gasteiger partial charge on any atom is -0.496 e. The number of nitrogens with zero attached hydrogens (tertiary/aromatic N) is 1. The highest BCUT2D eigenvalue weighted by atomic mass is 32.1. The van der Waals surface area contributed by atoms with Gasteiger partial charge in [-0.05, 0) is 56.6 Å². The molecule has 6 heteroatoms. The fraction of sp³-hybridized carbons (Fsp3) is 0.278. The van der Waals surface area contributed by atoms with Gasteiger partial charge in [-0.1, -0.05) is 18.2 Å². The summed E-state index contributed by atoms with van der Waals surface area (Å²) in [6, 6.07) is 14.1. The van der Waals surface area contributed by atoms with Gasteiger partial charge < -0.3 is 20.3 Å². The van der Waals surface area contributed by atoms with Crippen molar-refractivity contribution in [3.05, 3.63) is 59.9 Å². The minimum absolute atomic E-state index is 0.0918. The second-order valence-electron chi connectivity index (χ2n) is 5.56. The molecular formula is C18H22FN3OS. The molecule has 0 radical (unpaired) electrons. The Hall–Kier alpha value is -2.18. The Morgan fingerprint density at radius 2 is 1.83 bits per heavy atom. The van der Waals surface area contributed by atoms with Crippen molar-refractivity contribution in [3.63, 3.8) is 0 Å². The zero-order chi connectivity index (χ0) is 17.5. The summed E-state index contributed by atoms with van der Waals surface area (Å²) >= 11 is 5.32. The SMILES string of the molecule is COc1ccccc1C(CNC(=S)Nc1ccc(F)cc1)N(C)C. The largest absolute Gasteiger partial charge is 0.496 e. The van der Waals surface area contributed by atoms with Gasteiger partial charge in [0.1, 0.15) is 11.6 Å². The molecule has 2 N–H and O–H groups in total. The number of anilines is 1. The molecule has 1 unspecified atom stereocenters. The first-order valence-electron chi connectivity index (χ1n) is 7.61. The summed E-state index contributed by atoms with van der Waals surface area (Å²) in [6.45, 7) is 0.612. The number of benzene rings is 2. The molecule has 0 fully saturated rings. The maximum absolute atomic E-state index is 12.9. The number of halogens is 1. The summed E-state index contributed by atoms with van der Waals surface area (Å²) in [5, 5.41) is 6.74. The second kappa shape index (κ2) is 8.61. The molecular weight excluding hydrogens is 325 g/mol. The predicted molar refractivity (Wildman–Crippen MR) is 100 cm³/mol. The van der Waals surface area contributed by atoms with Gasteiger partial charge in [0.15, 0.2) is 5.11 Å². The molecule has 0 aliphatic rings. The highest BCUT2D eigenvalue weighted by Crippen LogP contribution is 2.27. The summed E-state index contributed by atoms with van der Waals surface area (Å²) in [7, 11) is 5.68. The van der Waals surface area contributed by atoms with Crippen LogP contribution in [0, 0.1) is 5.82 Å². The van der Waals surface area contributed by atoms with E-state index < -0.39 is 0 Å². The van der Waals surface area contributed by atoms with Gasteiger partial charge in [-0.25, -0.2) is 4.39 Å². The lowest BCUT2D eigenvalue weighted by Crippen LogP contribution is -2.36. The first-order valence-corrected chi connectivity index (χ1v) is 8.02. The van der Waals surface area contributed by atoms with Crippen LogP contribution in [-0.4, -0.2) is 37.8 Å². The van der Waals surface area contributed by atoms with E-state index in [-0.39, 0.29) is 11.9 Å². The molecule has 0 aliphatic heterocycles. The summed E-state index contributed by atoms with van der Waals surface area (Å²) in [6.07, 6.45) is 0. The summed E-state index contributed by atoms with van der Waals surface area (Å²) in [5.74, 6) is 0.568. The number of ether oxygens (including phenoxy) is 1. The number of rotatable bonds is 6. The van der Waals surface area contributed by atoms with Crippen LogP contribution in [0.3, 0.4) is 0 Å². The van der Waals surface area contributed by atoms with Gasteiger partial charge in [0.05, 0.1) is 13.2 Å². The number of nitrogens with one attached hydrogen (secondary N) is 2. The number of hydrogen-bond donors (Lipinski definition) is 2. The Morgan fingerprint density at radius 1 is 1.17 bits per heavy atom. The molecule has 0 bridgehead atoms. The van der Waals surface area contributed by atoms with Crippen molar-refractivity contribution >= 4 is 23.0 Å². The van der Waals surface area contributed by atoms with E-state index in [2.05, 4.69) is 15.5 Å². The van der Waals surface area contributed by atoms with Crippen molar-refractivity contribution < 1.29 is 9.13 Å². The van der Waals surface area contributed by atoms with Crippen LogP contribution in [0.1, 0.15) is 11.6 Å². The number of likely N-dealkylation sites (N-methyl/N-ethyl adjacent to an activating group) is 1. The molecule has 0 saturated heterocycles. The van der Waals surface area contributed by atoms with Gasteiger partial charge in [0.25, 0.3) is 0 Å². The van der Waals surface area contributed by atoms with E-state index >= 15 is 0 Å². The van der Waals surface area contributed by atoms with Gasteiger partial charge in [-0.15, -0.1) is 0 Å². The van der Waals surface area contributed by atoms with E-state index in [0.29, 0.717) is 11.7 Å². The van der Waals surface area contributed by atoms with Crippen LogP contribution in [0.5, 0.6) is 5.75 Å². The molecule has 0 heterocycles. The van der Waals surface area contributed by atoms with Crippen LogP contribution in [0.25, 0.3) is 0 Å². The third-order valence-electron chi connectivity index (χ3n) is 3.68. The molecule has 0 amide bonds. The monoisotopic (exact) mass is 347 g/mol. The first-order chi connectivity index (χ1) is 11.5. The van der Waals surface area contributed by atoms with E-state index in [1.165, 1.54) is 12.1 Å². The van der Waals surface area contributed by atoms with E-state index in [0.717, 1.165) is 17.0 Å². The molecule has 1 atom stereocenters. The highest BCUT2D eigenvalue weighted by molar-refractivity contribution is 7.80. The summed E-state index contributed by atoms with van der Waals surface area (Å²) < 4.78 is 18.4. The summed E-state index contributed by atoms with van der Waals surface area (Å²) in [5.41, 5.74) is 1.83. The fourth-order valence-electron chi connectivity index (χ4n) is 2.41. The average molecular weight is 347 g/mol. The van der Waals surface area contributed by atoms with Gasteiger partial charge >= 0.3 is 0 Å². The molecule has 0 aromatic heterocycles. The van der Waals surface area contributed by atoms with Gasteiger partial charge in [-0.3, -0.25) is 0 Å². The van der Waals surface area contributed by atoms with Crippen molar-refractivity contribution in [2.75, 3.05) is 33.1 Å². The van der Waals surface area contributed by atoms with Crippen molar-refractivity contribution in [1.82, 2.24) is 10.2 Å². The Morgan fingerprint density at radius 3 is 2.46 bits per heavy atom. The molecule has 2 aromatic carbocycles. The third-order valence-corrected chi connectivity index (χ3v) is 3.93. The lowest BCUT2D eigenvalue weighted by molar-refractivity contribution is 0.288. The van der Waals surface area contributed by atoms with Crippen LogP contribution in [-0.2, 0) is 0 Å². The minimum atomic E-state index is -0.275. The Bertz CT molecular complexity index is 676. The fourth-order valence-corrected chi connectivity index (χ4v) is 2.61. The van der Waals surface area contributed by atoms with E-state index in [4.69, 9.17) is 17.0 Å². The molecule has 0 saturated carbocycles. The molecule has 4 nitrogen and oxygen atoms in total. The zero-order valence-corrected chi connectivity index (χ0v) is 14.9. The standard InChI is InChI=1S/C18H22FN3OS/c1-22(2)16(15-6-4-5-7-17(15)23-3)12-20-18(24)21-14-10-8-13(19)9-11-14/h4-11,16H,12H2,1-3H3,(H2,20,21,24). The molecule has 0 aliphatic carbocycles. The number of para-hydroxylation sites is 1. The molecule has 2 aromatic rings. The molecule has 0 spiro atoms. The predicted octanol–water partition coefficient (Wildman–Crippen LogP) is 3.42. The Labute approximate surface area is 147 Å². The molecule has 128 valence electrons. The topological polar surface area (TPSA) is 36.5 Å². The highest BCUT2D eigenvalue weighted by Gasteiger charge is 2.18. The van der Waals surface area contributed by atoms with Crippen molar-refractivity contribution in [3.8, 4) is 5.75 Å². The van der Waals surface area contributed by atoms with Gasteiger partial charge in [0.2, 0.25) is 0 Å². The number of hydrogen-bond acceptors (Lipinski definition) is 3. The lowest BCUT2D eigenvalue weighted by Gasteiger charge is -2.27. The van der Waals surface area contributed by atoms with E-state index in [9.17, 15) is 4.39 Å². The van der Waals surface area contributed by atoms with Crippen LogP contribution < -0.4 is 15.4 Å². The van der Waals surface area contributed by atoms with Crippen LogP contribution >= 0.6 is 12.2 Å². The normalized spacial score (nSPS) is 11.9. The molecule has 24 heavy (non-hydrogen) atoms. The van der Waals surface area contributed by atoms with Crippen molar-refractivity contribution in [1.29, 1.82) is 0 Å². The maximum Gasteiger partial charge on any atom is 0.170 e. The Balaban J connectivity index is 2.01. The van der Waals surface area contributed by atoms with Crippen LogP contribution in [0.4, 0.5) is 10.1 Å². The second-order valence-corrected chi connectivity index (χ2v) is 5.97. The quantitative estimate of drug-likeness (QED) is 0.783. The van der Waals surface area contributed by atoms with E-state index in [1.807, 2.05) is 38.4 Å². The Kier molecular flexibility index (Phi) is 6.52. The van der Waals surface area contributed by atoms with Gasteiger partial charge in [0, 0.05) is 17.8 Å².